The maximum Gasteiger partial charge on any atom is 0.123 e. The Hall–Kier alpha value is -1.67. The molecule has 0 saturated carbocycles. The van der Waals surface area contributed by atoms with Crippen molar-refractivity contribution in [1.29, 1.82) is 0 Å². The molecule has 20 heavy (non-hydrogen) atoms. The summed E-state index contributed by atoms with van der Waals surface area (Å²) in [6, 6.07) is 16.1. The van der Waals surface area contributed by atoms with E-state index in [1.165, 1.54) is 5.56 Å². The fourth-order valence-corrected chi connectivity index (χ4v) is 2.54. The van der Waals surface area contributed by atoms with Gasteiger partial charge in [0, 0.05) is 12.1 Å². The van der Waals surface area contributed by atoms with Gasteiger partial charge in [-0.15, -0.1) is 0 Å². The fourth-order valence-electron chi connectivity index (χ4n) is 2.54. The molecule has 2 unspecified atom stereocenters. The summed E-state index contributed by atoms with van der Waals surface area (Å²) in [7, 11) is 2.09. The van der Waals surface area contributed by atoms with Crippen LogP contribution in [-0.4, -0.2) is 11.9 Å². The van der Waals surface area contributed by atoms with E-state index >= 15 is 0 Å². The van der Waals surface area contributed by atoms with Crippen molar-refractivity contribution in [1.82, 2.24) is 4.90 Å². The molecule has 2 aromatic rings. The summed E-state index contributed by atoms with van der Waals surface area (Å²) in [5.41, 5.74) is 3.26. The summed E-state index contributed by atoms with van der Waals surface area (Å²) in [5.74, 6) is -0.160. The van der Waals surface area contributed by atoms with Crippen molar-refractivity contribution in [2.24, 2.45) is 0 Å². The molecule has 106 valence electrons. The lowest BCUT2D eigenvalue weighted by molar-refractivity contribution is 0.198. The molecule has 1 nitrogen and oxygen atoms in total. The highest BCUT2D eigenvalue weighted by Crippen LogP contribution is 2.29. The number of nitrogens with zero attached hydrogens (tertiary/aromatic N) is 1. The van der Waals surface area contributed by atoms with Crippen molar-refractivity contribution >= 4 is 0 Å². The van der Waals surface area contributed by atoms with Gasteiger partial charge in [0.2, 0.25) is 0 Å². The Kier molecular flexibility index (Phi) is 4.56. The quantitative estimate of drug-likeness (QED) is 0.765. The first-order chi connectivity index (χ1) is 9.49. The topological polar surface area (TPSA) is 3.24 Å². The van der Waals surface area contributed by atoms with Crippen LogP contribution in [0.2, 0.25) is 0 Å². The van der Waals surface area contributed by atoms with Crippen LogP contribution >= 0.6 is 0 Å². The van der Waals surface area contributed by atoms with E-state index in [1.54, 1.807) is 12.1 Å². The maximum absolute atomic E-state index is 13.6. The van der Waals surface area contributed by atoms with Crippen molar-refractivity contribution in [3.63, 3.8) is 0 Å². The zero-order valence-corrected chi connectivity index (χ0v) is 12.6. The summed E-state index contributed by atoms with van der Waals surface area (Å²) >= 11 is 0. The normalized spacial score (nSPS) is 14.3. The zero-order valence-electron chi connectivity index (χ0n) is 12.6. The molecule has 2 aromatic carbocycles. The Morgan fingerprint density at radius 2 is 1.50 bits per heavy atom. The van der Waals surface area contributed by atoms with Gasteiger partial charge in [-0.25, -0.2) is 4.39 Å². The number of hydrogen-bond acceptors (Lipinski definition) is 1. The summed E-state index contributed by atoms with van der Waals surface area (Å²) in [6.07, 6.45) is 0. The minimum atomic E-state index is -0.160. The van der Waals surface area contributed by atoms with Gasteiger partial charge in [-0.3, -0.25) is 4.90 Å². The van der Waals surface area contributed by atoms with Crippen molar-refractivity contribution < 1.29 is 4.39 Å². The first kappa shape index (κ1) is 14.7. The molecule has 0 aliphatic heterocycles. The summed E-state index contributed by atoms with van der Waals surface area (Å²) in [5, 5.41) is 0. The first-order valence-electron chi connectivity index (χ1n) is 7.03. The van der Waals surface area contributed by atoms with E-state index in [0.717, 1.165) is 11.1 Å². The van der Waals surface area contributed by atoms with Crippen molar-refractivity contribution in [2.75, 3.05) is 7.05 Å². The fraction of sp³-hybridized carbons (Fsp3) is 0.333. The molecule has 2 atom stereocenters. The molecule has 0 spiro atoms. The van der Waals surface area contributed by atoms with Gasteiger partial charge in [0.1, 0.15) is 5.82 Å². The molecule has 2 rings (SSSR count). The third kappa shape index (κ3) is 3.26. The monoisotopic (exact) mass is 271 g/mol. The average molecular weight is 271 g/mol. The van der Waals surface area contributed by atoms with Crippen molar-refractivity contribution in [3.05, 3.63) is 71.0 Å². The molecule has 2 heteroatoms. The molecule has 0 heterocycles. The summed E-state index contributed by atoms with van der Waals surface area (Å²) < 4.78 is 13.6. The molecule has 0 amide bonds. The van der Waals surface area contributed by atoms with Gasteiger partial charge in [0.25, 0.3) is 0 Å². The molecular formula is C18H22FN. The molecule has 0 aliphatic rings. The maximum atomic E-state index is 13.6. The molecule has 0 radical (unpaired) electrons. The van der Waals surface area contributed by atoms with Crippen LogP contribution in [0.1, 0.15) is 42.6 Å². The molecular weight excluding hydrogens is 249 g/mol. The van der Waals surface area contributed by atoms with Gasteiger partial charge < -0.3 is 0 Å². The third-order valence-corrected chi connectivity index (χ3v) is 4.05. The number of hydrogen-bond donors (Lipinski definition) is 0. The van der Waals surface area contributed by atoms with Crippen LogP contribution in [0.25, 0.3) is 0 Å². The Morgan fingerprint density at radius 3 is 2.10 bits per heavy atom. The number of benzene rings is 2. The molecule has 0 aliphatic carbocycles. The standard InChI is InChI=1S/C18H22FN/c1-13-10-17(12-18(19)11-13)15(3)20(4)14(2)16-8-6-5-7-9-16/h5-12,14-15H,1-4H3. The molecule has 0 fully saturated rings. The van der Waals surface area contributed by atoms with E-state index in [2.05, 4.69) is 56.1 Å². The van der Waals surface area contributed by atoms with E-state index in [4.69, 9.17) is 0 Å². The zero-order chi connectivity index (χ0) is 14.7. The molecule has 0 saturated heterocycles. The van der Waals surface area contributed by atoms with Crippen molar-refractivity contribution in [3.8, 4) is 0 Å². The average Bonchev–Trinajstić information content (AvgIpc) is 2.45. The lowest BCUT2D eigenvalue weighted by Crippen LogP contribution is -2.26. The smallest absolute Gasteiger partial charge is 0.123 e. The first-order valence-corrected chi connectivity index (χ1v) is 7.03. The highest BCUT2D eigenvalue weighted by molar-refractivity contribution is 5.27. The predicted octanol–water partition coefficient (Wildman–Crippen LogP) is 4.89. The minimum absolute atomic E-state index is 0.160. The summed E-state index contributed by atoms with van der Waals surface area (Å²) in [6.45, 7) is 6.23. The Morgan fingerprint density at radius 1 is 0.900 bits per heavy atom. The predicted molar refractivity (Wildman–Crippen MR) is 82.2 cm³/mol. The van der Waals surface area contributed by atoms with Crippen LogP contribution in [-0.2, 0) is 0 Å². The highest BCUT2D eigenvalue weighted by atomic mass is 19.1. The summed E-state index contributed by atoms with van der Waals surface area (Å²) in [4.78, 5) is 2.27. The Labute approximate surface area is 121 Å². The van der Waals surface area contributed by atoms with E-state index in [-0.39, 0.29) is 17.9 Å². The van der Waals surface area contributed by atoms with Gasteiger partial charge in [0.15, 0.2) is 0 Å². The number of halogens is 1. The number of rotatable bonds is 4. The van der Waals surface area contributed by atoms with Gasteiger partial charge in [-0.05, 0) is 56.6 Å². The Balaban J connectivity index is 2.21. The van der Waals surface area contributed by atoms with E-state index in [1.807, 2.05) is 13.0 Å². The lowest BCUT2D eigenvalue weighted by Gasteiger charge is -2.31. The minimum Gasteiger partial charge on any atom is -0.293 e. The van der Waals surface area contributed by atoms with Crippen LogP contribution in [0.5, 0.6) is 0 Å². The molecule has 0 N–H and O–H groups in total. The number of aryl methyl sites for hydroxylation is 1. The van der Waals surface area contributed by atoms with E-state index in [0.29, 0.717) is 0 Å². The second kappa shape index (κ2) is 6.19. The van der Waals surface area contributed by atoms with E-state index in [9.17, 15) is 4.39 Å². The van der Waals surface area contributed by atoms with Crippen LogP contribution in [0.4, 0.5) is 4.39 Å². The van der Waals surface area contributed by atoms with Crippen LogP contribution < -0.4 is 0 Å². The lowest BCUT2D eigenvalue weighted by atomic mass is 10.0. The van der Waals surface area contributed by atoms with Crippen LogP contribution in [0.15, 0.2) is 48.5 Å². The van der Waals surface area contributed by atoms with Crippen LogP contribution in [0, 0.1) is 12.7 Å². The highest BCUT2D eigenvalue weighted by Gasteiger charge is 2.19. The Bertz CT molecular complexity index is 545. The molecule has 0 aromatic heterocycles. The second-order valence-corrected chi connectivity index (χ2v) is 5.49. The van der Waals surface area contributed by atoms with Crippen molar-refractivity contribution in [2.45, 2.75) is 32.9 Å². The van der Waals surface area contributed by atoms with Crippen LogP contribution in [0.3, 0.4) is 0 Å². The van der Waals surface area contributed by atoms with Gasteiger partial charge in [0.05, 0.1) is 0 Å². The SMILES string of the molecule is Cc1cc(F)cc(C(C)N(C)C(C)c2ccccc2)c1. The van der Waals surface area contributed by atoms with Gasteiger partial charge in [-0.2, -0.15) is 0 Å². The van der Waals surface area contributed by atoms with Gasteiger partial charge in [-0.1, -0.05) is 36.4 Å². The van der Waals surface area contributed by atoms with E-state index < -0.39 is 0 Å². The largest absolute Gasteiger partial charge is 0.293 e. The second-order valence-electron chi connectivity index (χ2n) is 5.49. The van der Waals surface area contributed by atoms with Gasteiger partial charge >= 0.3 is 0 Å². The third-order valence-electron chi connectivity index (χ3n) is 4.05. The molecule has 0 bridgehead atoms.